The third-order valence-electron chi connectivity index (χ3n) is 5.04. The Labute approximate surface area is 164 Å². The molecule has 2 aromatic carbocycles. The van der Waals surface area contributed by atoms with Gasteiger partial charge in [0.1, 0.15) is 0 Å². The first-order valence-corrected chi connectivity index (χ1v) is 11.4. The standard InChI is InChI=1S/C19H23N3O3S2/c1-21(2)11-19(23)20-18-5-3-4-13-8-16(6-7-17(13)18)27(24,25)22-10-15-9-14(22)12-26-15/h3-8,14-15H,9-12H2,1-2H3,(H,20,23). The highest BCUT2D eigenvalue weighted by atomic mass is 32.2. The molecule has 0 spiro atoms. The van der Waals surface area contributed by atoms with Crippen molar-refractivity contribution in [3.8, 4) is 0 Å². The lowest BCUT2D eigenvalue weighted by molar-refractivity contribution is -0.116. The monoisotopic (exact) mass is 405 g/mol. The number of nitrogens with zero attached hydrogens (tertiary/aromatic N) is 2. The summed E-state index contributed by atoms with van der Waals surface area (Å²) in [6.45, 7) is 0.898. The van der Waals surface area contributed by atoms with E-state index in [0.29, 0.717) is 28.9 Å². The molecule has 2 aromatic rings. The molecule has 8 heteroatoms. The average Bonchev–Trinajstić information content (AvgIpc) is 3.24. The third-order valence-corrected chi connectivity index (χ3v) is 8.35. The van der Waals surface area contributed by atoms with Gasteiger partial charge >= 0.3 is 0 Å². The van der Waals surface area contributed by atoms with Gasteiger partial charge in [-0.25, -0.2) is 8.42 Å². The molecule has 2 heterocycles. The van der Waals surface area contributed by atoms with Crippen molar-refractivity contribution < 1.29 is 13.2 Å². The Morgan fingerprint density at radius 3 is 2.78 bits per heavy atom. The number of hydrogen-bond donors (Lipinski definition) is 1. The molecule has 2 atom stereocenters. The lowest BCUT2D eigenvalue weighted by atomic mass is 10.1. The Balaban J connectivity index is 1.64. The average molecular weight is 406 g/mol. The third kappa shape index (κ3) is 3.59. The van der Waals surface area contributed by atoms with E-state index >= 15 is 0 Å². The lowest BCUT2D eigenvalue weighted by Gasteiger charge is -2.26. The number of likely N-dealkylation sites (N-methyl/N-ethyl adjacent to an activating group) is 1. The molecule has 4 rings (SSSR count). The first-order valence-electron chi connectivity index (χ1n) is 8.95. The van der Waals surface area contributed by atoms with Crippen molar-refractivity contribution in [3.63, 3.8) is 0 Å². The minimum atomic E-state index is -3.49. The summed E-state index contributed by atoms with van der Waals surface area (Å²) in [7, 11) is 0.186. The predicted octanol–water partition coefficient (Wildman–Crippen LogP) is 2.22. The van der Waals surface area contributed by atoms with E-state index in [-0.39, 0.29) is 11.9 Å². The van der Waals surface area contributed by atoms with Crippen LogP contribution in [-0.2, 0) is 14.8 Å². The van der Waals surface area contributed by atoms with Gasteiger partial charge in [0.05, 0.1) is 11.4 Å². The Bertz CT molecular complexity index is 991. The van der Waals surface area contributed by atoms with Crippen LogP contribution in [0.2, 0.25) is 0 Å². The van der Waals surface area contributed by atoms with Crippen LogP contribution in [0.15, 0.2) is 41.3 Å². The van der Waals surface area contributed by atoms with Crippen LogP contribution in [0.3, 0.4) is 0 Å². The normalized spacial score (nSPS) is 22.6. The predicted molar refractivity (Wildman–Crippen MR) is 110 cm³/mol. The molecule has 6 nitrogen and oxygen atoms in total. The van der Waals surface area contributed by atoms with Crippen LogP contribution in [0, 0.1) is 0 Å². The molecule has 2 fully saturated rings. The van der Waals surface area contributed by atoms with Gasteiger partial charge in [-0.2, -0.15) is 16.1 Å². The second-order valence-electron chi connectivity index (χ2n) is 7.39. The number of anilines is 1. The fourth-order valence-electron chi connectivity index (χ4n) is 3.80. The first-order chi connectivity index (χ1) is 12.8. The van der Waals surface area contributed by atoms with Gasteiger partial charge in [0.15, 0.2) is 0 Å². The number of rotatable bonds is 5. The maximum Gasteiger partial charge on any atom is 0.243 e. The highest BCUT2D eigenvalue weighted by molar-refractivity contribution is 8.00. The largest absolute Gasteiger partial charge is 0.324 e. The molecular weight excluding hydrogens is 382 g/mol. The number of carbonyl (C=O) groups excluding carboxylic acids is 1. The molecule has 1 N–H and O–H groups in total. The number of amides is 1. The van der Waals surface area contributed by atoms with E-state index in [2.05, 4.69) is 5.32 Å². The number of sulfonamides is 1. The van der Waals surface area contributed by atoms with Gasteiger partial charge in [0, 0.05) is 34.7 Å². The van der Waals surface area contributed by atoms with E-state index in [1.165, 1.54) is 0 Å². The number of benzene rings is 2. The molecule has 0 saturated carbocycles. The molecule has 0 aliphatic carbocycles. The molecule has 2 bridgehead atoms. The maximum absolute atomic E-state index is 13.1. The van der Waals surface area contributed by atoms with E-state index in [9.17, 15) is 13.2 Å². The van der Waals surface area contributed by atoms with Gasteiger partial charge in [0.2, 0.25) is 15.9 Å². The summed E-state index contributed by atoms with van der Waals surface area (Å²) in [5.74, 6) is 0.786. The number of fused-ring (bicyclic) bond motifs is 3. The molecule has 2 aliphatic heterocycles. The number of hydrogen-bond acceptors (Lipinski definition) is 5. The Morgan fingerprint density at radius 1 is 1.30 bits per heavy atom. The molecule has 0 radical (unpaired) electrons. The second kappa shape index (κ2) is 7.09. The van der Waals surface area contributed by atoms with Crippen LogP contribution >= 0.6 is 11.8 Å². The minimum Gasteiger partial charge on any atom is -0.324 e. The zero-order valence-corrected chi connectivity index (χ0v) is 17.0. The molecule has 144 valence electrons. The maximum atomic E-state index is 13.1. The van der Waals surface area contributed by atoms with Gasteiger partial charge in [0.25, 0.3) is 0 Å². The summed E-state index contributed by atoms with van der Waals surface area (Å²) >= 11 is 1.87. The van der Waals surface area contributed by atoms with E-state index in [1.807, 2.05) is 44.1 Å². The molecule has 2 saturated heterocycles. The van der Waals surface area contributed by atoms with E-state index in [0.717, 1.165) is 22.9 Å². The van der Waals surface area contributed by atoms with Crippen molar-refractivity contribution >= 4 is 44.2 Å². The zero-order chi connectivity index (χ0) is 19.2. The number of carbonyl (C=O) groups is 1. The Morgan fingerprint density at radius 2 is 2.11 bits per heavy atom. The minimum absolute atomic E-state index is 0.102. The summed E-state index contributed by atoms with van der Waals surface area (Å²) in [5.41, 5.74) is 0.694. The number of nitrogens with one attached hydrogen (secondary N) is 1. The summed E-state index contributed by atoms with van der Waals surface area (Å²) in [5, 5.41) is 4.98. The van der Waals surface area contributed by atoms with Crippen LogP contribution in [0.5, 0.6) is 0 Å². The molecule has 27 heavy (non-hydrogen) atoms. The van der Waals surface area contributed by atoms with Crippen LogP contribution < -0.4 is 5.32 Å². The van der Waals surface area contributed by atoms with Crippen molar-refractivity contribution in [2.24, 2.45) is 0 Å². The van der Waals surface area contributed by atoms with Gasteiger partial charge in [-0.1, -0.05) is 18.2 Å². The summed E-state index contributed by atoms with van der Waals surface area (Å²) < 4.78 is 27.9. The number of thioether (sulfide) groups is 1. The van der Waals surface area contributed by atoms with Crippen molar-refractivity contribution in [2.75, 3.05) is 38.3 Å². The van der Waals surface area contributed by atoms with E-state index in [4.69, 9.17) is 0 Å². The van der Waals surface area contributed by atoms with Crippen molar-refractivity contribution in [1.29, 1.82) is 0 Å². The van der Waals surface area contributed by atoms with E-state index in [1.54, 1.807) is 27.4 Å². The van der Waals surface area contributed by atoms with Gasteiger partial charge in [-0.05, 0) is 44.1 Å². The topological polar surface area (TPSA) is 69.7 Å². The first kappa shape index (κ1) is 18.7. The van der Waals surface area contributed by atoms with Crippen molar-refractivity contribution in [1.82, 2.24) is 9.21 Å². The lowest BCUT2D eigenvalue weighted by Crippen LogP contribution is -2.39. The SMILES string of the molecule is CN(C)CC(=O)Nc1cccc2cc(S(=O)(=O)N3CC4CC3CS4)ccc12. The second-order valence-corrected chi connectivity index (χ2v) is 10.6. The van der Waals surface area contributed by atoms with Gasteiger partial charge in [-0.15, -0.1) is 0 Å². The van der Waals surface area contributed by atoms with Crippen LogP contribution in [-0.4, -0.2) is 67.8 Å². The smallest absolute Gasteiger partial charge is 0.243 e. The quantitative estimate of drug-likeness (QED) is 0.826. The molecule has 1 amide bonds. The Kier molecular flexibility index (Phi) is 4.92. The van der Waals surface area contributed by atoms with Crippen molar-refractivity contribution in [3.05, 3.63) is 36.4 Å². The van der Waals surface area contributed by atoms with Crippen molar-refractivity contribution in [2.45, 2.75) is 22.6 Å². The zero-order valence-electron chi connectivity index (χ0n) is 15.4. The highest BCUT2D eigenvalue weighted by Crippen LogP contribution is 2.40. The molecule has 2 aliphatic rings. The summed E-state index contributed by atoms with van der Waals surface area (Å²) in [6, 6.07) is 10.8. The van der Waals surface area contributed by atoms with Gasteiger partial charge in [-0.3, -0.25) is 4.79 Å². The molecule has 0 aromatic heterocycles. The summed E-state index contributed by atoms with van der Waals surface area (Å²) in [6.07, 6.45) is 0.958. The molecular formula is C19H23N3O3S2. The van der Waals surface area contributed by atoms with Crippen LogP contribution in [0.1, 0.15) is 6.42 Å². The van der Waals surface area contributed by atoms with Crippen LogP contribution in [0.4, 0.5) is 5.69 Å². The fourth-order valence-corrected chi connectivity index (χ4v) is 7.14. The van der Waals surface area contributed by atoms with Gasteiger partial charge < -0.3 is 10.2 Å². The highest BCUT2D eigenvalue weighted by Gasteiger charge is 2.44. The van der Waals surface area contributed by atoms with E-state index < -0.39 is 10.0 Å². The van der Waals surface area contributed by atoms with Crippen LogP contribution in [0.25, 0.3) is 10.8 Å². The fraction of sp³-hybridized carbons (Fsp3) is 0.421. The molecule has 2 unspecified atom stereocenters. The Hall–Kier alpha value is -1.61. The summed E-state index contributed by atoms with van der Waals surface area (Å²) in [4.78, 5) is 14.2.